The summed E-state index contributed by atoms with van der Waals surface area (Å²) in [6, 6.07) is 16.2. The summed E-state index contributed by atoms with van der Waals surface area (Å²) in [6.45, 7) is 0.782. The van der Waals surface area contributed by atoms with Gasteiger partial charge in [-0.05, 0) is 36.6 Å². The average Bonchev–Trinajstić information content (AvgIpc) is 3.03. The molecular weight excluding hydrogens is 350 g/mol. The number of carbonyl (C=O) groups is 1. The van der Waals surface area contributed by atoms with Gasteiger partial charge in [-0.25, -0.2) is 4.98 Å². The van der Waals surface area contributed by atoms with Crippen molar-refractivity contribution in [2.24, 2.45) is 12.8 Å². The number of hydrogen-bond acceptors (Lipinski definition) is 4. The lowest BCUT2D eigenvalue weighted by Crippen LogP contribution is -2.52. The van der Waals surface area contributed by atoms with E-state index in [1.807, 2.05) is 52.9 Å². The van der Waals surface area contributed by atoms with Crippen LogP contribution in [0.15, 0.2) is 54.7 Å². The molecule has 3 N–H and O–H groups in total. The molecular formula is C22H23N5O. The van der Waals surface area contributed by atoms with Crippen LogP contribution in [0.3, 0.4) is 0 Å². The summed E-state index contributed by atoms with van der Waals surface area (Å²) >= 11 is 0. The normalized spacial score (nSPS) is 16.8. The first kappa shape index (κ1) is 18.0. The number of aryl methyl sites for hydroxylation is 1. The lowest BCUT2D eigenvalue weighted by Gasteiger charge is -2.41. The number of benzene rings is 1. The van der Waals surface area contributed by atoms with Crippen molar-refractivity contribution in [1.82, 2.24) is 14.5 Å². The third-order valence-electron chi connectivity index (χ3n) is 5.45. The minimum atomic E-state index is 0.0378. The first-order valence-electron chi connectivity index (χ1n) is 9.36. The number of nitrogens with zero attached hydrogens (tertiary/aromatic N) is 3. The number of likely N-dealkylation sites (tertiary alicyclic amines) is 1. The zero-order valence-corrected chi connectivity index (χ0v) is 15.8. The van der Waals surface area contributed by atoms with Crippen LogP contribution in [0, 0.1) is 5.41 Å². The highest BCUT2D eigenvalue weighted by atomic mass is 16.2. The summed E-state index contributed by atoms with van der Waals surface area (Å²) in [6.07, 6.45) is 4.45. The van der Waals surface area contributed by atoms with Gasteiger partial charge in [-0.1, -0.05) is 30.3 Å². The number of rotatable bonds is 5. The molecule has 1 aliphatic rings. The Morgan fingerprint density at radius 1 is 1.29 bits per heavy atom. The summed E-state index contributed by atoms with van der Waals surface area (Å²) in [4.78, 5) is 19.7. The summed E-state index contributed by atoms with van der Waals surface area (Å²) < 4.78 is 1.83. The van der Waals surface area contributed by atoms with Gasteiger partial charge in [-0.3, -0.25) is 4.79 Å². The fourth-order valence-electron chi connectivity index (χ4n) is 3.73. The van der Waals surface area contributed by atoms with E-state index in [2.05, 4.69) is 17.1 Å². The van der Waals surface area contributed by atoms with Crippen molar-refractivity contribution in [1.29, 1.82) is 5.41 Å². The quantitative estimate of drug-likeness (QED) is 0.674. The smallest absolute Gasteiger partial charge is 0.270 e. The highest BCUT2D eigenvalue weighted by Crippen LogP contribution is 2.27. The van der Waals surface area contributed by atoms with E-state index in [9.17, 15) is 4.79 Å². The van der Waals surface area contributed by atoms with Crippen LogP contribution in [0.25, 0.3) is 16.6 Å². The topological polar surface area (TPSA) is 88.0 Å². The van der Waals surface area contributed by atoms with E-state index >= 15 is 0 Å². The third kappa shape index (κ3) is 3.07. The minimum Gasteiger partial charge on any atom is -0.404 e. The fraction of sp³-hybridized carbons (Fsp3) is 0.227. The van der Waals surface area contributed by atoms with Crippen molar-refractivity contribution < 1.29 is 4.79 Å². The van der Waals surface area contributed by atoms with Crippen LogP contribution < -0.4 is 5.73 Å². The Labute approximate surface area is 163 Å². The molecule has 0 bridgehead atoms. The maximum Gasteiger partial charge on any atom is 0.270 e. The zero-order chi connectivity index (χ0) is 19.7. The van der Waals surface area contributed by atoms with Crippen molar-refractivity contribution in [3.8, 4) is 0 Å². The number of pyridine rings is 1. The molecule has 142 valence electrons. The number of nitrogens with two attached hydrogens (primary N) is 1. The Hall–Kier alpha value is -3.41. The molecule has 6 heteroatoms. The second-order valence-electron chi connectivity index (χ2n) is 7.10. The second kappa shape index (κ2) is 7.31. The van der Waals surface area contributed by atoms with E-state index in [1.54, 1.807) is 0 Å². The molecule has 1 atom stereocenters. The lowest BCUT2D eigenvalue weighted by molar-refractivity contribution is 0.0455. The van der Waals surface area contributed by atoms with Gasteiger partial charge in [0.1, 0.15) is 11.3 Å². The van der Waals surface area contributed by atoms with Crippen LogP contribution >= 0.6 is 0 Å². The van der Waals surface area contributed by atoms with Gasteiger partial charge in [-0.15, -0.1) is 0 Å². The van der Waals surface area contributed by atoms with Crippen LogP contribution in [0.4, 0.5) is 0 Å². The van der Waals surface area contributed by atoms with Crippen molar-refractivity contribution in [3.63, 3.8) is 0 Å². The molecule has 4 rings (SSSR count). The Balaban J connectivity index is 1.61. The van der Waals surface area contributed by atoms with Gasteiger partial charge in [0.15, 0.2) is 0 Å². The number of nitrogens with one attached hydrogen (secondary N) is 1. The summed E-state index contributed by atoms with van der Waals surface area (Å²) in [7, 11) is 1.86. The third-order valence-corrected chi connectivity index (χ3v) is 5.45. The van der Waals surface area contributed by atoms with Gasteiger partial charge in [0.25, 0.3) is 5.91 Å². The van der Waals surface area contributed by atoms with Gasteiger partial charge in [-0.2, -0.15) is 0 Å². The monoisotopic (exact) mass is 373 g/mol. The summed E-state index contributed by atoms with van der Waals surface area (Å²) in [5.41, 5.74) is 9.33. The standard InChI is InChI=1S/C22H23N5O/c1-26-20(12-16-7-8-19(25-21(16)26)17(13-23)14-24)22(28)27-10-9-18(27)11-15-5-3-2-4-6-15/h2-8,12-14,18,23H,9-11,24H2,1H3. The highest BCUT2D eigenvalue weighted by Gasteiger charge is 2.34. The molecule has 0 spiro atoms. The lowest BCUT2D eigenvalue weighted by atomic mass is 9.95. The molecule has 1 fully saturated rings. The van der Waals surface area contributed by atoms with E-state index in [-0.39, 0.29) is 11.9 Å². The predicted octanol–water partition coefficient (Wildman–Crippen LogP) is 2.98. The van der Waals surface area contributed by atoms with Gasteiger partial charge < -0.3 is 20.6 Å². The fourth-order valence-corrected chi connectivity index (χ4v) is 3.73. The minimum absolute atomic E-state index is 0.0378. The number of allylic oxidation sites excluding steroid dienone is 1. The molecule has 1 aliphatic heterocycles. The SMILES string of the molecule is Cn1c(C(=O)N2CCC2Cc2ccccc2)cc2ccc(C(C=N)=CN)nc21. The molecule has 3 aromatic rings. The van der Waals surface area contributed by atoms with Gasteiger partial charge in [0.05, 0.1) is 5.69 Å². The van der Waals surface area contributed by atoms with Crippen LogP contribution in [0.1, 0.15) is 28.2 Å². The summed E-state index contributed by atoms with van der Waals surface area (Å²) in [5, 5.41) is 8.35. The van der Waals surface area contributed by atoms with Gasteiger partial charge >= 0.3 is 0 Å². The van der Waals surface area contributed by atoms with Crippen LogP contribution in [-0.2, 0) is 13.5 Å². The van der Waals surface area contributed by atoms with E-state index in [0.29, 0.717) is 22.6 Å². The van der Waals surface area contributed by atoms with E-state index in [0.717, 1.165) is 24.8 Å². The Kier molecular flexibility index (Phi) is 4.69. The molecule has 2 aromatic heterocycles. The van der Waals surface area contributed by atoms with E-state index in [4.69, 9.17) is 11.1 Å². The Morgan fingerprint density at radius 2 is 2.07 bits per heavy atom. The number of carbonyl (C=O) groups excluding carboxylic acids is 1. The molecule has 0 radical (unpaired) electrons. The van der Waals surface area contributed by atoms with Gasteiger partial charge in [0, 0.05) is 43.0 Å². The van der Waals surface area contributed by atoms with E-state index in [1.165, 1.54) is 18.0 Å². The summed E-state index contributed by atoms with van der Waals surface area (Å²) in [5.74, 6) is 0.0378. The molecule has 1 saturated heterocycles. The maximum atomic E-state index is 13.2. The van der Waals surface area contributed by atoms with E-state index < -0.39 is 0 Å². The molecule has 28 heavy (non-hydrogen) atoms. The van der Waals surface area contributed by atoms with Crippen LogP contribution in [-0.4, -0.2) is 39.2 Å². The van der Waals surface area contributed by atoms with Crippen LogP contribution in [0.5, 0.6) is 0 Å². The molecule has 1 amide bonds. The molecule has 6 nitrogen and oxygen atoms in total. The second-order valence-corrected chi connectivity index (χ2v) is 7.10. The first-order valence-corrected chi connectivity index (χ1v) is 9.36. The van der Waals surface area contributed by atoms with Gasteiger partial charge in [0.2, 0.25) is 0 Å². The van der Waals surface area contributed by atoms with Crippen molar-refractivity contribution >= 4 is 28.7 Å². The zero-order valence-electron chi connectivity index (χ0n) is 15.8. The first-order chi connectivity index (χ1) is 13.6. The maximum absolute atomic E-state index is 13.2. The number of aromatic nitrogens is 2. The van der Waals surface area contributed by atoms with Crippen LogP contribution in [0.2, 0.25) is 0 Å². The van der Waals surface area contributed by atoms with Crippen molar-refractivity contribution in [2.45, 2.75) is 18.9 Å². The number of fused-ring (bicyclic) bond motifs is 1. The van der Waals surface area contributed by atoms with Crippen molar-refractivity contribution in [3.05, 3.63) is 71.7 Å². The molecule has 1 aromatic carbocycles. The molecule has 0 saturated carbocycles. The predicted molar refractivity (Wildman–Crippen MR) is 111 cm³/mol. The Bertz CT molecular complexity index is 1070. The molecule has 3 heterocycles. The van der Waals surface area contributed by atoms with Crippen molar-refractivity contribution in [2.75, 3.05) is 6.54 Å². The number of amides is 1. The molecule has 0 aliphatic carbocycles. The highest BCUT2D eigenvalue weighted by molar-refractivity contribution is 6.08. The largest absolute Gasteiger partial charge is 0.404 e. The number of hydrogen-bond donors (Lipinski definition) is 2. The average molecular weight is 373 g/mol. The Morgan fingerprint density at radius 3 is 2.71 bits per heavy atom. The molecule has 1 unspecified atom stereocenters.